The molecule has 8 aromatic carbocycles. The lowest BCUT2D eigenvalue weighted by molar-refractivity contribution is -0.103. The van der Waals surface area contributed by atoms with Gasteiger partial charge in [-0.1, -0.05) is 173 Å². The average molecular weight is 1430 g/mol. The van der Waals surface area contributed by atoms with Gasteiger partial charge in [0, 0.05) is 24.0 Å². The Morgan fingerprint density at radius 1 is 0.429 bits per heavy atom. The molecular formula is C82H82N10O12Si. The highest BCUT2D eigenvalue weighted by molar-refractivity contribution is 6.70. The van der Waals surface area contributed by atoms with E-state index in [1.807, 2.05) is 155 Å². The van der Waals surface area contributed by atoms with E-state index in [2.05, 4.69) is 72.6 Å². The number of fused-ring (bicyclic) bond motifs is 2. The van der Waals surface area contributed by atoms with Gasteiger partial charge in [0.25, 0.3) is 11.8 Å². The number of rotatable bonds is 28. The molecule has 23 heteroatoms. The van der Waals surface area contributed by atoms with Crippen molar-refractivity contribution in [2.45, 2.75) is 99.7 Å². The summed E-state index contributed by atoms with van der Waals surface area (Å²) in [5, 5.41) is 5.93. The first-order chi connectivity index (χ1) is 51.2. The van der Waals surface area contributed by atoms with Gasteiger partial charge in [0.05, 0.1) is 66.5 Å². The van der Waals surface area contributed by atoms with Crippen molar-refractivity contribution in [3.8, 4) is 23.0 Å². The van der Waals surface area contributed by atoms with Crippen molar-refractivity contribution in [1.82, 2.24) is 39.0 Å². The van der Waals surface area contributed by atoms with Crippen molar-refractivity contribution in [1.29, 1.82) is 0 Å². The molecule has 0 bridgehead atoms. The van der Waals surface area contributed by atoms with Crippen molar-refractivity contribution < 1.29 is 56.3 Å². The van der Waals surface area contributed by atoms with E-state index < -0.39 is 56.6 Å². The minimum absolute atomic E-state index is 0.0124. The Morgan fingerprint density at radius 2 is 0.733 bits per heavy atom. The fraction of sp³-hybridized carbons (Fsp3) is 0.268. The first-order valence-electron chi connectivity index (χ1n) is 35.0. The molecule has 2 amide bonds. The molecule has 0 saturated carbocycles. The molecule has 0 spiro atoms. The predicted octanol–water partition coefficient (Wildman–Crippen LogP) is 14.8. The molecule has 4 aromatic heterocycles. The second-order valence-electron chi connectivity index (χ2n) is 26.4. The molecule has 0 aliphatic carbocycles. The topological polar surface area (TPSA) is 238 Å². The van der Waals surface area contributed by atoms with Gasteiger partial charge in [-0.25, -0.2) is 29.9 Å². The number of hydrogen-bond acceptors (Lipinski definition) is 18. The number of amides is 2. The lowest BCUT2D eigenvalue weighted by atomic mass is 9.80. The minimum Gasteiger partial charge on any atom is -0.497 e. The Labute approximate surface area is 609 Å². The lowest BCUT2D eigenvalue weighted by Gasteiger charge is -2.43. The summed E-state index contributed by atoms with van der Waals surface area (Å²) in [7, 11) is 2.86. The fourth-order valence-corrected chi connectivity index (χ4v) is 18.3. The van der Waals surface area contributed by atoms with Gasteiger partial charge in [0.1, 0.15) is 71.5 Å². The Morgan fingerprint density at radius 3 is 1.04 bits per heavy atom. The maximum absolute atomic E-state index is 13.7. The standard InChI is InChI=1S/C82H82N10O12Si/c1-53(2)105(54(3)4,103-67-45-71(91-51-87-73-75(83-49-85-77(73)91)89-79(93)55-21-13-9-14-22-55)101-69(67)47-99-81(57-25-17-11-18-26-57,59-29-37-63(95-5)38-30-59)60-31-39-64(96-6)40-32-60)104-68-46-72(92-52-88-74-76(84-50-86-78(74)92)90-80(94)56-23-15-10-16-24-56)102-70(68)48-100-82(58-27-19-12-20-28-58,61-33-41-65(97-7)42-34-61)62-35-43-66(98-8)44-36-62/h9-44,49-54,67-72H,45-48H2,1-8H3,(H,83,85,89,93)(H,84,86,90,94)/t67-,68+,69+,70-,71+,72-. The zero-order valence-corrected chi connectivity index (χ0v) is 60.5. The smallest absolute Gasteiger partial charge is 0.344 e. The summed E-state index contributed by atoms with van der Waals surface area (Å²) in [6.07, 6.45) is 2.18. The monoisotopic (exact) mass is 1430 g/mol. The van der Waals surface area contributed by atoms with E-state index in [0.29, 0.717) is 56.5 Å². The van der Waals surface area contributed by atoms with Gasteiger partial charge in [0.15, 0.2) is 34.0 Å². The summed E-state index contributed by atoms with van der Waals surface area (Å²) in [6, 6.07) is 69.7. The van der Waals surface area contributed by atoms with E-state index in [4.69, 9.17) is 66.7 Å². The van der Waals surface area contributed by atoms with Crippen LogP contribution in [0.5, 0.6) is 23.0 Å². The third kappa shape index (κ3) is 14.2. The molecule has 2 N–H and O–H groups in total. The Bertz CT molecular complexity index is 4500. The summed E-state index contributed by atoms with van der Waals surface area (Å²) >= 11 is 0. The van der Waals surface area contributed by atoms with E-state index >= 15 is 0 Å². The maximum Gasteiger partial charge on any atom is 0.344 e. The lowest BCUT2D eigenvalue weighted by Crippen LogP contribution is -2.55. The first kappa shape index (κ1) is 71.0. The third-order valence-electron chi connectivity index (χ3n) is 19.8. The van der Waals surface area contributed by atoms with Crippen molar-refractivity contribution in [3.05, 3.63) is 288 Å². The van der Waals surface area contributed by atoms with Crippen LogP contribution in [0, 0.1) is 0 Å². The minimum atomic E-state index is -3.72. The highest BCUT2D eigenvalue weighted by Crippen LogP contribution is 2.49. The zero-order valence-electron chi connectivity index (χ0n) is 59.5. The number of anilines is 2. The number of ether oxygens (including phenoxy) is 8. The number of carbonyl (C=O) groups is 2. The molecule has 0 radical (unpaired) electrons. The third-order valence-corrected chi connectivity index (χ3v) is 24.4. The molecule has 6 atom stereocenters. The second kappa shape index (κ2) is 31.1. The predicted molar refractivity (Wildman–Crippen MR) is 399 cm³/mol. The summed E-state index contributed by atoms with van der Waals surface area (Å²) in [4.78, 5) is 55.7. The summed E-state index contributed by atoms with van der Waals surface area (Å²) in [5.41, 5.74) is 4.61. The van der Waals surface area contributed by atoms with Crippen LogP contribution in [0.3, 0.4) is 0 Å². The van der Waals surface area contributed by atoms with Gasteiger partial charge in [0.2, 0.25) is 0 Å². The number of hydrogen-bond donors (Lipinski definition) is 2. The highest BCUT2D eigenvalue weighted by Gasteiger charge is 2.55. The van der Waals surface area contributed by atoms with Crippen LogP contribution in [0.2, 0.25) is 11.1 Å². The van der Waals surface area contributed by atoms with E-state index in [0.717, 1.165) is 33.4 Å². The van der Waals surface area contributed by atoms with E-state index in [-0.39, 0.29) is 60.6 Å². The van der Waals surface area contributed by atoms with Crippen LogP contribution in [0.1, 0.15) is 107 Å². The van der Waals surface area contributed by atoms with Gasteiger partial charge in [-0.2, -0.15) is 0 Å². The maximum atomic E-state index is 13.7. The molecule has 22 nitrogen and oxygen atoms in total. The van der Waals surface area contributed by atoms with Crippen molar-refractivity contribution >= 4 is 54.3 Å². The SMILES string of the molecule is COc1ccc(C(OC[C@@H]2O[C@H](n3cnc4c(NC(=O)c5ccccc5)ncnc43)C[C@H]2O[Si](O[C@H]2C[C@H](n3cnc4c(NC(=O)c5ccccc5)ncnc43)O[C@@H]2COC(c2ccccc2)(c2ccc(OC)cc2)c2ccc(OC)cc2)(C(C)C)C(C)C)(c2ccccc2)c2ccc(OC)cc2)cc1. The molecule has 2 aliphatic rings. The Balaban J connectivity index is 0.873. The van der Waals surface area contributed by atoms with Crippen LogP contribution in [-0.2, 0) is 39.0 Å². The molecule has 6 heterocycles. The molecule has 536 valence electrons. The van der Waals surface area contributed by atoms with Crippen LogP contribution in [0.4, 0.5) is 11.6 Å². The van der Waals surface area contributed by atoms with Gasteiger partial charge in [-0.05, 0) is 117 Å². The van der Waals surface area contributed by atoms with Gasteiger partial charge < -0.3 is 57.4 Å². The number of imidazole rings is 2. The largest absolute Gasteiger partial charge is 0.497 e. The van der Waals surface area contributed by atoms with Crippen LogP contribution in [-0.4, -0.2) is 125 Å². The summed E-state index contributed by atoms with van der Waals surface area (Å²) in [6.45, 7) is 8.60. The highest BCUT2D eigenvalue weighted by atomic mass is 28.4. The summed E-state index contributed by atoms with van der Waals surface area (Å²) in [5.74, 6) is 2.48. The van der Waals surface area contributed by atoms with E-state index in [9.17, 15) is 9.59 Å². The van der Waals surface area contributed by atoms with E-state index in [1.54, 1.807) is 89.6 Å². The van der Waals surface area contributed by atoms with Crippen LogP contribution < -0.4 is 29.6 Å². The van der Waals surface area contributed by atoms with Crippen LogP contribution in [0.15, 0.2) is 244 Å². The molecular weight excluding hydrogens is 1350 g/mol. The Hall–Kier alpha value is -11.0. The second-order valence-corrected chi connectivity index (χ2v) is 30.7. The number of carbonyl (C=O) groups excluding carboxylic acids is 2. The number of nitrogens with one attached hydrogen (secondary N) is 2. The van der Waals surface area contributed by atoms with Crippen LogP contribution in [0.25, 0.3) is 22.3 Å². The molecule has 12 aromatic rings. The van der Waals surface area contributed by atoms with Gasteiger partial charge in [-0.3, -0.25) is 18.7 Å². The van der Waals surface area contributed by atoms with Crippen molar-refractivity contribution in [3.63, 3.8) is 0 Å². The molecule has 105 heavy (non-hydrogen) atoms. The molecule has 0 unspecified atom stereocenters. The fourth-order valence-electron chi connectivity index (χ4n) is 14.4. The molecule has 2 saturated heterocycles. The van der Waals surface area contributed by atoms with Crippen molar-refractivity contribution in [2.24, 2.45) is 0 Å². The average Bonchev–Trinajstić information content (AvgIpc) is 1.05. The number of aromatic nitrogens is 8. The number of methoxy groups -OCH3 is 4. The summed E-state index contributed by atoms with van der Waals surface area (Å²) < 4.78 is 73.1. The Kier molecular flexibility index (Phi) is 21.0. The molecule has 2 aliphatic heterocycles. The van der Waals surface area contributed by atoms with Crippen molar-refractivity contribution in [2.75, 3.05) is 52.3 Å². The van der Waals surface area contributed by atoms with E-state index in [1.165, 1.54) is 12.7 Å². The normalized spacial score (nSPS) is 17.7. The number of nitrogens with zero attached hydrogens (tertiary/aromatic N) is 8. The first-order valence-corrected chi connectivity index (χ1v) is 36.9. The van der Waals surface area contributed by atoms with Gasteiger partial charge in [-0.15, -0.1) is 0 Å². The molecule has 2 fully saturated rings. The number of benzene rings is 8. The quantitative estimate of drug-likeness (QED) is 0.0342. The molecule has 14 rings (SSSR count). The van der Waals surface area contributed by atoms with Gasteiger partial charge >= 0.3 is 8.56 Å². The van der Waals surface area contributed by atoms with Crippen LogP contribution >= 0.6 is 0 Å². The zero-order chi connectivity index (χ0) is 72.7.